The van der Waals surface area contributed by atoms with Crippen molar-refractivity contribution in [1.82, 2.24) is 0 Å². The molecule has 102 valence electrons. The van der Waals surface area contributed by atoms with Gasteiger partial charge in [0.1, 0.15) is 17.6 Å². The average Bonchev–Trinajstić information content (AvgIpc) is 2.47. The first-order valence-electron chi connectivity index (χ1n) is 6.75. The maximum absolute atomic E-state index is 10.9. The van der Waals surface area contributed by atoms with Crippen LogP contribution >= 0.6 is 0 Å². The van der Waals surface area contributed by atoms with Crippen LogP contribution in [0.2, 0.25) is 0 Å². The number of rotatable bonds is 2. The van der Waals surface area contributed by atoms with Gasteiger partial charge in [-0.25, -0.2) is 0 Å². The molecule has 1 aliphatic heterocycles. The zero-order valence-corrected chi connectivity index (χ0v) is 11.3. The fourth-order valence-corrected chi connectivity index (χ4v) is 2.48. The summed E-state index contributed by atoms with van der Waals surface area (Å²) in [4.78, 5) is 10.9. The van der Waals surface area contributed by atoms with E-state index in [1.54, 1.807) is 12.1 Å². The number of fused-ring (bicyclic) bond motifs is 1. The molecule has 0 spiro atoms. The van der Waals surface area contributed by atoms with Gasteiger partial charge in [-0.3, -0.25) is 4.79 Å². The predicted octanol–water partition coefficient (Wildman–Crippen LogP) is 3.68. The van der Waals surface area contributed by atoms with Gasteiger partial charge < -0.3 is 9.47 Å². The van der Waals surface area contributed by atoms with Crippen LogP contribution in [0.25, 0.3) is 0 Å². The standard InChI is InChI=1S/C17H16O3/c1-12(18)19-15-9-6-14(7-10-15)17-11-8-13-4-2-3-5-16(13)20-17/h2-7,9-10,17H,8,11H2,1H3. The summed E-state index contributed by atoms with van der Waals surface area (Å²) in [6.45, 7) is 1.40. The van der Waals surface area contributed by atoms with Crippen LogP contribution in [0.3, 0.4) is 0 Å². The van der Waals surface area contributed by atoms with Gasteiger partial charge in [-0.15, -0.1) is 0 Å². The largest absolute Gasteiger partial charge is 0.485 e. The van der Waals surface area contributed by atoms with Crippen molar-refractivity contribution in [3.8, 4) is 11.5 Å². The van der Waals surface area contributed by atoms with Crippen LogP contribution in [-0.2, 0) is 11.2 Å². The van der Waals surface area contributed by atoms with Crippen LogP contribution in [0.4, 0.5) is 0 Å². The van der Waals surface area contributed by atoms with Crippen molar-refractivity contribution in [2.45, 2.75) is 25.9 Å². The lowest BCUT2D eigenvalue weighted by Crippen LogP contribution is -2.15. The summed E-state index contributed by atoms with van der Waals surface area (Å²) >= 11 is 0. The molecule has 20 heavy (non-hydrogen) atoms. The minimum atomic E-state index is -0.305. The van der Waals surface area contributed by atoms with Crippen molar-refractivity contribution in [1.29, 1.82) is 0 Å². The summed E-state index contributed by atoms with van der Waals surface area (Å²) in [5.74, 6) is 1.23. The zero-order chi connectivity index (χ0) is 13.9. The van der Waals surface area contributed by atoms with Gasteiger partial charge in [-0.05, 0) is 42.2 Å². The lowest BCUT2D eigenvalue weighted by molar-refractivity contribution is -0.131. The van der Waals surface area contributed by atoms with Gasteiger partial charge >= 0.3 is 5.97 Å². The number of hydrogen-bond acceptors (Lipinski definition) is 3. The summed E-state index contributed by atoms with van der Waals surface area (Å²) in [5.41, 5.74) is 2.37. The Morgan fingerprint density at radius 1 is 1.15 bits per heavy atom. The SMILES string of the molecule is CC(=O)Oc1ccc(C2CCc3ccccc3O2)cc1. The number of hydrogen-bond donors (Lipinski definition) is 0. The molecule has 3 rings (SSSR count). The number of benzene rings is 2. The van der Waals surface area contributed by atoms with Crippen molar-refractivity contribution in [3.63, 3.8) is 0 Å². The third kappa shape index (κ3) is 2.67. The van der Waals surface area contributed by atoms with Gasteiger partial charge in [0.05, 0.1) is 0 Å². The summed E-state index contributed by atoms with van der Waals surface area (Å²) in [7, 11) is 0. The molecule has 1 atom stereocenters. The highest BCUT2D eigenvalue weighted by atomic mass is 16.5. The van der Waals surface area contributed by atoms with Crippen molar-refractivity contribution in [3.05, 3.63) is 59.7 Å². The molecule has 0 fully saturated rings. The number of carbonyl (C=O) groups excluding carboxylic acids is 1. The molecule has 0 radical (unpaired) electrons. The van der Waals surface area contributed by atoms with Crippen molar-refractivity contribution < 1.29 is 14.3 Å². The monoisotopic (exact) mass is 268 g/mol. The smallest absolute Gasteiger partial charge is 0.308 e. The zero-order valence-electron chi connectivity index (χ0n) is 11.3. The van der Waals surface area contributed by atoms with E-state index < -0.39 is 0 Å². The third-order valence-electron chi connectivity index (χ3n) is 3.43. The van der Waals surface area contributed by atoms with Crippen LogP contribution in [0.5, 0.6) is 11.5 Å². The van der Waals surface area contributed by atoms with E-state index in [1.165, 1.54) is 12.5 Å². The number of para-hydroxylation sites is 1. The highest BCUT2D eigenvalue weighted by Crippen LogP contribution is 2.34. The quantitative estimate of drug-likeness (QED) is 0.615. The van der Waals surface area contributed by atoms with Gasteiger partial charge in [0, 0.05) is 6.92 Å². The van der Waals surface area contributed by atoms with E-state index in [0.717, 1.165) is 24.2 Å². The molecule has 2 aromatic carbocycles. The van der Waals surface area contributed by atoms with E-state index in [2.05, 4.69) is 6.07 Å². The first kappa shape index (κ1) is 12.7. The molecule has 1 unspecified atom stereocenters. The van der Waals surface area contributed by atoms with Gasteiger partial charge in [-0.2, -0.15) is 0 Å². The molecular formula is C17H16O3. The van der Waals surface area contributed by atoms with Gasteiger partial charge in [0.25, 0.3) is 0 Å². The molecule has 1 aliphatic rings. The van der Waals surface area contributed by atoms with E-state index in [4.69, 9.17) is 9.47 Å². The molecule has 0 aliphatic carbocycles. The van der Waals surface area contributed by atoms with Crippen molar-refractivity contribution in [2.75, 3.05) is 0 Å². The molecule has 0 amide bonds. The average molecular weight is 268 g/mol. The van der Waals surface area contributed by atoms with Crippen molar-refractivity contribution >= 4 is 5.97 Å². The van der Waals surface area contributed by atoms with Gasteiger partial charge in [0.2, 0.25) is 0 Å². The molecular weight excluding hydrogens is 252 g/mol. The Morgan fingerprint density at radius 3 is 2.65 bits per heavy atom. The van der Waals surface area contributed by atoms with Crippen LogP contribution in [0.1, 0.15) is 30.6 Å². The van der Waals surface area contributed by atoms with E-state index in [0.29, 0.717) is 5.75 Å². The summed E-state index contributed by atoms with van der Waals surface area (Å²) in [6.07, 6.45) is 2.05. The van der Waals surface area contributed by atoms with Gasteiger partial charge in [-0.1, -0.05) is 30.3 Å². The van der Waals surface area contributed by atoms with Crippen molar-refractivity contribution in [2.24, 2.45) is 0 Å². The number of esters is 1. The fourth-order valence-electron chi connectivity index (χ4n) is 2.48. The second-order valence-corrected chi connectivity index (χ2v) is 4.92. The first-order valence-corrected chi connectivity index (χ1v) is 6.75. The van der Waals surface area contributed by atoms with E-state index in [-0.39, 0.29) is 12.1 Å². The van der Waals surface area contributed by atoms with E-state index in [1.807, 2.05) is 30.3 Å². The maximum atomic E-state index is 10.9. The minimum Gasteiger partial charge on any atom is -0.485 e. The lowest BCUT2D eigenvalue weighted by Gasteiger charge is -2.26. The second-order valence-electron chi connectivity index (χ2n) is 4.92. The molecule has 0 aromatic heterocycles. The van der Waals surface area contributed by atoms with Crippen LogP contribution in [-0.4, -0.2) is 5.97 Å². The lowest BCUT2D eigenvalue weighted by atomic mass is 9.97. The van der Waals surface area contributed by atoms with E-state index >= 15 is 0 Å². The van der Waals surface area contributed by atoms with Crippen LogP contribution in [0, 0.1) is 0 Å². The maximum Gasteiger partial charge on any atom is 0.308 e. The third-order valence-corrected chi connectivity index (χ3v) is 3.43. The molecule has 0 bridgehead atoms. The minimum absolute atomic E-state index is 0.0660. The molecule has 3 nitrogen and oxygen atoms in total. The van der Waals surface area contributed by atoms with Gasteiger partial charge in [0.15, 0.2) is 0 Å². The summed E-state index contributed by atoms with van der Waals surface area (Å²) < 4.78 is 11.1. The molecule has 1 heterocycles. The Bertz CT molecular complexity index is 616. The highest BCUT2D eigenvalue weighted by molar-refractivity contribution is 5.69. The number of carbonyl (C=O) groups is 1. The molecule has 2 aromatic rings. The first-order chi connectivity index (χ1) is 9.72. The Hall–Kier alpha value is -2.29. The summed E-state index contributed by atoms with van der Waals surface area (Å²) in [6, 6.07) is 15.7. The normalized spacial score (nSPS) is 16.9. The second kappa shape index (κ2) is 5.37. The number of aryl methyl sites for hydroxylation is 1. The Kier molecular flexibility index (Phi) is 3.42. The summed E-state index contributed by atoms with van der Waals surface area (Å²) in [5, 5.41) is 0. The molecule has 0 saturated heterocycles. The Labute approximate surface area is 118 Å². The Balaban J connectivity index is 1.76. The topological polar surface area (TPSA) is 35.5 Å². The fraction of sp³-hybridized carbons (Fsp3) is 0.235. The Morgan fingerprint density at radius 2 is 1.90 bits per heavy atom. The van der Waals surface area contributed by atoms with Crippen LogP contribution in [0.15, 0.2) is 48.5 Å². The highest BCUT2D eigenvalue weighted by Gasteiger charge is 2.20. The molecule has 0 N–H and O–H groups in total. The molecule has 0 saturated carbocycles. The number of ether oxygens (including phenoxy) is 2. The van der Waals surface area contributed by atoms with E-state index in [9.17, 15) is 4.79 Å². The predicted molar refractivity (Wildman–Crippen MR) is 75.9 cm³/mol. The van der Waals surface area contributed by atoms with Crippen LogP contribution < -0.4 is 9.47 Å². The molecule has 3 heteroatoms.